The zero-order chi connectivity index (χ0) is 13.4. The summed E-state index contributed by atoms with van der Waals surface area (Å²) in [6.07, 6.45) is 1.86. The van der Waals surface area contributed by atoms with Crippen molar-refractivity contribution >= 4 is 33.7 Å². The molecule has 2 aliphatic rings. The molecule has 0 aliphatic carbocycles. The molecule has 0 aromatic carbocycles. The van der Waals surface area contributed by atoms with Gasteiger partial charge in [-0.1, -0.05) is 0 Å². The standard InChI is InChI=1S/C12H14N6OS/c1-3-19-4-2-18(1)12-9-11(13-7-20-9)16-10(17-12)8-5-14-15-6-8/h5,7-8,15H,1-4,6H2. The lowest BCUT2D eigenvalue weighted by atomic mass is 10.1. The van der Waals surface area contributed by atoms with E-state index in [9.17, 15) is 0 Å². The molecule has 1 atom stereocenters. The smallest absolute Gasteiger partial charge is 0.176 e. The fourth-order valence-electron chi connectivity index (χ4n) is 2.43. The van der Waals surface area contributed by atoms with E-state index in [0.29, 0.717) is 0 Å². The van der Waals surface area contributed by atoms with E-state index in [1.165, 1.54) is 0 Å². The van der Waals surface area contributed by atoms with Crippen LogP contribution >= 0.6 is 11.3 Å². The SMILES string of the molecule is C1=NNCC1c1nc(N2CCOCC2)c2scnc2n1. The molecule has 1 fully saturated rings. The third kappa shape index (κ3) is 2.01. The highest BCUT2D eigenvalue weighted by atomic mass is 32.1. The van der Waals surface area contributed by atoms with Gasteiger partial charge in [0.15, 0.2) is 11.5 Å². The Bertz CT molecular complexity index is 650. The number of nitrogens with zero attached hydrogens (tertiary/aromatic N) is 5. The number of nitrogens with one attached hydrogen (secondary N) is 1. The first-order valence-corrected chi connectivity index (χ1v) is 7.49. The van der Waals surface area contributed by atoms with Crippen molar-refractivity contribution in [2.45, 2.75) is 5.92 Å². The van der Waals surface area contributed by atoms with Crippen LogP contribution in [-0.4, -0.2) is 54.0 Å². The van der Waals surface area contributed by atoms with Crippen LogP contribution in [-0.2, 0) is 4.74 Å². The average Bonchev–Trinajstić information content (AvgIpc) is 3.18. The van der Waals surface area contributed by atoms with Crippen LogP contribution in [0.3, 0.4) is 0 Å². The minimum atomic E-state index is 0.126. The molecule has 8 heteroatoms. The number of hydrazone groups is 1. The van der Waals surface area contributed by atoms with Crippen molar-refractivity contribution in [1.29, 1.82) is 0 Å². The van der Waals surface area contributed by atoms with Gasteiger partial charge >= 0.3 is 0 Å². The molecule has 0 bridgehead atoms. The number of hydrogen-bond donors (Lipinski definition) is 1. The van der Waals surface area contributed by atoms with Crippen molar-refractivity contribution in [1.82, 2.24) is 20.4 Å². The van der Waals surface area contributed by atoms with Gasteiger partial charge in [0.2, 0.25) is 0 Å². The maximum Gasteiger partial charge on any atom is 0.176 e. The van der Waals surface area contributed by atoms with Crippen molar-refractivity contribution in [3.05, 3.63) is 11.3 Å². The average molecular weight is 290 g/mol. The Balaban J connectivity index is 1.80. The van der Waals surface area contributed by atoms with E-state index in [2.05, 4.69) is 25.4 Å². The van der Waals surface area contributed by atoms with E-state index < -0.39 is 0 Å². The molecule has 7 nitrogen and oxygen atoms in total. The molecular weight excluding hydrogens is 276 g/mol. The van der Waals surface area contributed by atoms with E-state index in [1.54, 1.807) is 11.3 Å². The van der Waals surface area contributed by atoms with Crippen molar-refractivity contribution < 1.29 is 4.74 Å². The molecule has 0 radical (unpaired) electrons. The first kappa shape index (κ1) is 12.0. The Morgan fingerprint density at radius 2 is 2.20 bits per heavy atom. The van der Waals surface area contributed by atoms with Gasteiger partial charge in [0.05, 0.1) is 24.6 Å². The second kappa shape index (κ2) is 4.95. The molecule has 2 aromatic heterocycles. The fourth-order valence-corrected chi connectivity index (χ4v) is 3.17. The maximum atomic E-state index is 5.42. The summed E-state index contributed by atoms with van der Waals surface area (Å²) in [6.45, 7) is 3.96. The zero-order valence-electron chi connectivity index (χ0n) is 10.8. The Labute approximate surface area is 119 Å². The number of ether oxygens (including phenoxy) is 1. The highest BCUT2D eigenvalue weighted by Gasteiger charge is 2.23. The van der Waals surface area contributed by atoms with Crippen LogP contribution < -0.4 is 10.3 Å². The van der Waals surface area contributed by atoms with Crippen LogP contribution in [0.25, 0.3) is 10.3 Å². The quantitative estimate of drug-likeness (QED) is 0.872. The summed E-state index contributed by atoms with van der Waals surface area (Å²) in [5.41, 5.74) is 5.56. The molecule has 0 saturated carbocycles. The summed E-state index contributed by atoms with van der Waals surface area (Å²) in [4.78, 5) is 16.0. The Hall–Kier alpha value is -1.80. The van der Waals surface area contributed by atoms with Crippen LogP contribution in [0.1, 0.15) is 11.7 Å². The normalized spacial score (nSPS) is 22.4. The van der Waals surface area contributed by atoms with Gasteiger partial charge in [0.25, 0.3) is 0 Å². The molecule has 104 valence electrons. The van der Waals surface area contributed by atoms with Gasteiger partial charge in [-0.25, -0.2) is 15.0 Å². The minimum Gasteiger partial charge on any atom is -0.378 e. The third-order valence-electron chi connectivity index (χ3n) is 3.49. The highest BCUT2D eigenvalue weighted by Crippen LogP contribution is 2.29. The number of morpholine rings is 1. The number of thiazole rings is 1. The largest absolute Gasteiger partial charge is 0.378 e. The van der Waals surface area contributed by atoms with Crippen LogP contribution in [0.15, 0.2) is 10.6 Å². The van der Waals surface area contributed by atoms with Gasteiger partial charge in [0.1, 0.15) is 10.5 Å². The topological polar surface area (TPSA) is 75.5 Å². The minimum absolute atomic E-state index is 0.126. The molecule has 1 N–H and O–H groups in total. The van der Waals surface area contributed by atoms with E-state index in [-0.39, 0.29) is 5.92 Å². The van der Waals surface area contributed by atoms with Crippen molar-refractivity contribution in [2.75, 3.05) is 37.7 Å². The van der Waals surface area contributed by atoms with E-state index in [1.807, 2.05) is 11.7 Å². The van der Waals surface area contributed by atoms with Crippen molar-refractivity contribution in [2.24, 2.45) is 5.10 Å². The van der Waals surface area contributed by atoms with Gasteiger partial charge in [-0.15, -0.1) is 11.3 Å². The Morgan fingerprint density at radius 3 is 3.00 bits per heavy atom. The molecule has 2 aromatic rings. The van der Waals surface area contributed by atoms with Gasteiger partial charge in [-0.3, -0.25) is 0 Å². The summed E-state index contributed by atoms with van der Waals surface area (Å²) < 4.78 is 6.47. The molecule has 0 amide bonds. The molecule has 4 rings (SSSR count). The second-order valence-electron chi connectivity index (χ2n) is 4.76. The van der Waals surface area contributed by atoms with Crippen molar-refractivity contribution in [3.8, 4) is 0 Å². The first-order valence-electron chi connectivity index (χ1n) is 6.62. The summed E-state index contributed by atoms with van der Waals surface area (Å²) in [5.74, 6) is 1.90. The zero-order valence-corrected chi connectivity index (χ0v) is 11.6. The molecule has 1 saturated heterocycles. The summed E-state index contributed by atoms with van der Waals surface area (Å²) in [5, 5.41) is 4.04. The molecule has 1 unspecified atom stereocenters. The number of hydrogen-bond acceptors (Lipinski definition) is 8. The van der Waals surface area contributed by atoms with Gasteiger partial charge in [-0.05, 0) is 0 Å². The lowest BCUT2D eigenvalue weighted by Crippen LogP contribution is -2.37. The molecular formula is C12H14N6OS. The second-order valence-corrected chi connectivity index (χ2v) is 5.61. The number of rotatable bonds is 2. The number of aromatic nitrogens is 3. The maximum absolute atomic E-state index is 5.42. The summed E-state index contributed by atoms with van der Waals surface area (Å²) in [7, 11) is 0. The van der Waals surface area contributed by atoms with Crippen LogP contribution in [0.5, 0.6) is 0 Å². The van der Waals surface area contributed by atoms with E-state index in [0.717, 1.165) is 54.8 Å². The Kier molecular flexibility index (Phi) is 2.96. The lowest BCUT2D eigenvalue weighted by Gasteiger charge is -2.28. The van der Waals surface area contributed by atoms with Gasteiger partial charge < -0.3 is 15.1 Å². The van der Waals surface area contributed by atoms with E-state index in [4.69, 9.17) is 9.72 Å². The summed E-state index contributed by atoms with van der Waals surface area (Å²) in [6, 6.07) is 0. The highest BCUT2D eigenvalue weighted by molar-refractivity contribution is 7.17. The number of fused-ring (bicyclic) bond motifs is 1. The fraction of sp³-hybridized carbons (Fsp3) is 0.500. The Morgan fingerprint density at radius 1 is 1.30 bits per heavy atom. The molecule has 4 heterocycles. The predicted molar refractivity (Wildman–Crippen MR) is 77.5 cm³/mol. The lowest BCUT2D eigenvalue weighted by molar-refractivity contribution is 0.122. The first-order chi connectivity index (χ1) is 9.92. The predicted octanol–water partition coefficient (Wildman–Crippen LogP) is 0.595. The van der Waals surface area contributed by atoms with Crippen LogP contribution in [0.2, 0.25) is 0 Å². The van der Waals surface area contributed by atoms with Gasteiger partial charge in [-0.2, -0.15) is 5.10 Å². The van der Waals surface area contributed by atoms with Crippen LogP contribution in [0.4, 0.5) is 5.82 Å². The van der Waals surface area contributed by atoms with E-state index >= 15 is 0 Å². The van der Waals surface area contributed by atoms with Crippen molar-refractivity contribution in [3.63, 3.8) is 0 Å². The van der Waals surface area contributed by atoms with Gasteiger partial charge in [0, 0.05) is 25.8 Å². The molecule has 2 aliphatic heterocycles. The molecule has 20 heavy (non-hydrogen) atoms. The summed E-state index contributed by atoms with van der Waals surface area (Å²) >= 11 is 1.59. The third-order valence-corrected chi connectivity index (χ3v) is 4.30. The number of anilines is 1. The van der Waals surface area contributed by atoms with Crippen LogP contribution in [0, 0.1) is 0 Å². The monoisotopic (exact) mass is 290 g/mol. The molecule has 0 spiro atoms.